The predicted octanol–water partition coefficient (Wildman–Crippen LogP) is 1.37. The van der Waals surface area contributed by atoms with Gasteiger partial charge >= 0.3 is 5.97 Å². The molecule has 0 saturated heterocycles. The van der Waals surface area contributed by atoms with Crippen molar-refractivity contribution in [1.82, 2.24) is 19.9 Å². The number of benzene rings is 1. The van der Waals surface area contributed by atoms with Gasteiger partial charge in [0.2, 0.25) is 5.91 Å². The van der Waals surface area contributed by atoms with Crippen molar-refractivity contribution < 1.29 is 23.8 Å². The van der Waals surface area contributed by atoms with E-state index >= 15 is 0 Å². The molecule has 9 nitrogen and oxygen atoms in total. The minimum atomic E-state index is -0.431. The predicted molar refractivity (Wildman–Crippen MR) is 108 cm³/mol. The first kappa shape index (κ1) is 21.9. The number of carbonyl (C=O) groups is 2. The summed E-state index contributed by atoms with van der Waals surface area (Å²) in [6.45, 7) is 1.39. The molecule has 2 heterocycles. The van der Waals surface area contributed by atoms with Gasteiger partial charge in [0.1, 0.15) is 12.2 Å². The van der Waals surface area contributed by atoms with Crippen LogP contribution in [0, 0.1) is 0 Å². The van der Waals surface area contributed by atoms with Crippen LogP contribution in [0.1, 0.15) is 35.9 Å². The molecule has 1 amide bonds. The van der Waals surface area contributed by atoms with Crippen molar-refractivity contribution in [3.05, 3.63) is 47.3 Å². The number of ether oxygens (including phenoxy) is 3. The molecule has 0 aliphatic carbocycles. The largest absolute Gasteiger partial charge is 0.469 e. The topological polar surface area (TPSA) is 95.8 Å². The zero-order chi connectivity index (χ0) is 21.5. The fraction of sp³-hybridized carbons (Fsp3) is 0.524. The van der Waals surface area contributed by atoms with Crippen LogP contribution in [-0.4, -0.2) is 72.3 Å². The van der Waals surface area contributed by atoms with E-state index in [-0.39, 0.29) is 18.7 Å². The van der Waals surface area contributed by atoms with Crippen LogP contribution in [0.15, 0.2) is 30.3 Å². The number of rotatable bonds is 7. The first-order chi connectivity index (χ1) is 14.6. The van der Waals surface area contributed by atoms with Crippen LogP contribution < -0.4 is 0 Å². The SMILES string of the molecule is COC(=O)CCC(=O)N1CCc2nnn(Cc3ccccc3)c2[C@H](OC)[C@@H](OC)C1. The van der Waals surface area contributed by atoms with Gasteiger partial charge in [-0.1, -0.05) is 35.5 Å². The molecule has 9 heteroatoms. The molecule has 30 heavy (non-hydrogen) atoms. The van der Waals surface area contributed by atoms with Crippen LogP contribution in [0.4, 0.5) is 0 Å². The summed E-state index contributed by atoms with van der Waals surface area (Å²) in [7, 11) is 4.53. The van der Waals surface area contributed by atoms with Gasteiger partial charge in [-0.2, -0.15) is 0 Å². The van der Waals surface area contributed by atoms with E-state index in [4.69, 9.17) is 9.47 Å². The van der Waals surface area contributed by atoms with Crippen molar-refractivity contribution in [3.8, 4) is 0 Å². The van der Waals surface area contributed by atoms with Gasteiger partial charge in [-0.15, -0.1) is 5.10 Å². The summed E-state index contributed by atoms with van der Waals surface area (Å²) in [5.41, 5.74) is 2.76. The summed E-state index contributed by atoms with van der Waals surface area (Å²) < 4.78 is 18.0. The number of nitrogens with zero attached hydrogens (tertiary/aromatic N) is 4. The molecular formula is C21H28N4O5. The number of amides is 1. The van der Waals surface area contributed by atoms with Crippen LogP contribution >= 0.6 is 0 Å². The highest BCUT2D eigenvalue weighted by molar-refractivity contribution is 5.81. The summed E-state index contributed by atoms with van der Waals surface area (Å²) in [5.74, 6) is -0.531. The first-order valence-corrected chi connectivity index (χ1v) is 9.93. The molecule has 3 rings (SSSR count). The molecule has 0 fully saturated rings. The maximum atomic E-state index is 12.7. The van der Waals surface area contributed by atoms with Crippen LogP contribution in [-0.2, 0) is 36.8 Å². The summed E-state index contributed by atoms with van der Waals surface area (Å²) in [6.07, 6.45) is -0.141. The van der Waals surface area contributed by atoms with Gasteiger partial charge in [-0.3, -0.25) is 9.59 Å². The van der Waals surface area contributed by atoms with Crippen molar-refractivity contribution in [2.24, 2.45) is 0 Å². The highest BCUT2D eigenvalue weighted by Crippen LogP contribution is 2.29. The van der Waals surface area contributed by atoms with E-state index in [2.05, 4.69) is 15.0 Å². The maximum absolute atomic E-state index is 12.7. The van der Waals surface area contributed by atoms with Crippen LogP contribution in [0.5, 0.6) is 0 Å². The van der Waals surface area contributed by atoms with Crippen LogP contribution in [0.25, 0.3) is 0 Å². The average molecular weight is 416 g/mol. The molecule has 162 valence electrons. The summed E-state index contributed by atoms with van der Waals surface area (Å²) in [6, 6.07) is 10.0. The van der Waals surface area contributed by atoms with Gasteiger partial charge in [-0.25, -0.2) is 4.68 Å². The first-order valence-electron chi connectivity index (χ1n) is 9.93. The monoisotopic (exact) mass is 416 g/mol. The Morgan fingerprint density at radius 2 is 1.87 bits per heavy atom. The second-order valence-corrected chi connectivity index (χ2v) is 7.16. The Labute approximate surface area is 175 Å². The van der Waals surface area contributed by atoms with E-state index < -0.39 is 18.2 Å². The Balaban J connectivity index is 1.83. The van der Waals surface area contributed by atoms with Gasteiger partial charge < -0.3 is 19.1 Å². The molecule has 1 aliphatic rings. The minimum absolute atomic E-state index is 0.0513. The average Bonchev–Trinajstić information content (AvgIpc) is 3.14. The van der Waals surface area contributed by atoms with Crippen molar-refractivity contribution >= 4 is 11.9 Å². The highest BCUT2D eigenvalue weighted by atomic mass is 16.5. The second kappa shape index (κ2) is 10.3. The third-order valence-electron chi connectivity index (χ3n) is 5.33. The molecular weight excluding hydrogens is 388 g/mol. The zero-order valence-corrected chi connectivity index (χ0v) is 17.6. The molecule has 1 aliphatic heterocycles. The minimum Gasteiger partial charge on any atom is -0.469 e. The number of methoxy groups -OCH3 is 3. The van der Waals surface area contributed by atoms with Crippen molar-refractivity contribution in [3.63, 3.8) is 0 Å². The molecule has 1 aromatic heterocycles. The van der Waals surface area contributed by atoms with E-state index in [0.29, 0.717) is 26.1 Å². The Kier molecular flexibility index (Phi) is 7.53. The summed E-state index contributed by atoms with van der Waals surface area (Å²) in [5, 5.41) is 8.72. The highest BCUT2D eigenvalue weighted by Gasteiger charge is 2.35. The van der Waals surface area contributed by atoms with E-state index in [9.17, 15) is 9.59 Å². The van der Waals surface area contributed by atoms with Gasteiger partial charge in [0.05, 0.1) is 31.5 Å². The Hall–Kier alpha value is -2.78. The number of fused-ring (bicyclic) bond motifs is 1. The van der Waals surface area contributed by atoms with E-state index in [1.54, 1.807) is 19.1 Å². The summed E-state index contributed by atoms with van der Waals surface area (Å²) in [4.78, 5) is 25.8. The molecule has 0 radical (unpaired) electrons. The number of carbonyl (C=O) groups excluding carboxylic acids is 2. The Morgan fingerprint density at radius 3 is 2.53 bits per heavy atom. The molecule has 2 aromatic rings. The maximum Gasteiger partial charge on any atom is 0.306 e. The van der Waals surface area contributed by atoms with Gasteiger partial charge in [0, 0.05) is 40.2 Å². The number of hydrogen-bond acceptors (Lipinski definition) is 7. The molecule has 0 saturated carbocycles. The number of hydrogen-bond donors (Lipinski definition) is 0. The zero-order valence-electron chi connectivity index (χ0n) is 17.6. The van der Waals surface area contributed by atoms with E-state index in [1.165, 1.54) is 7.11 Å². The van der Waals surface area contributed by atoms with Crippen molar-refractivity contribution in [2.75, 3.05) is 34.4 Å². The lowest BCUT2D eigenvalue weighted by Gasteiger charge is -2.33. The molecule has 0 unspecified atom stereocenters. The van der Waals surface area contributed by atoms with Crippen molar-refractivity contribution in [2.45, 2.75) is 38.0 Å². The second-order valence-electron chi connectivity index (χ2n) is 7.16. The van der Waals surface area contributed by atoms with Gasteiger partial charge in [0.25, 0.3) is 0 Å². The molecule has 0 N–H and O–H groups in total. The lowest BCUT2D eigenvalue weighted by Crippen LogP contribution is -2.44. The molecule has 0 bridgehead atoms. The number of esters is 1. The van der Waals surface area contributed by atoms with Crippen molar-refractivity contribution in [1.29, 1.82) is 0 Å². The lowest BCUT2D eigenvalue weighted by molar-refractivity contribution is -0.144. The fourth-order valence-electron chi connectivity index (χ4n) is 3.70. The lowest BCUT2D eigenvalue weighted by atomic mass is 10.0. The van der Waals surface area contributed by atoms with Gasteiger partial charge in [-0.05, 0) is 5.56 Å². The van der Waals surface area contributed by atoms with E-state index in [1.807, 2.05) is 35.0 Å². The molecule has 2 atom stereocenters. The van der Waals surface area contributed by atoms with Crippen LogP contribution in [0.2, 0.25) is 0 Å². The Bertz CT molecular complexity index is 854. The smallest absolute Gasteiger partial charge is 0.306 e. The Morgan fingerprint density at radius 1 is 1.10 bits per heavy atom. The van der Waals surface area contributed by atoms with Gasteiger partial charge in [0.15, 0.2) is 0 Å². The van der Waals surface area contributed by atoms with E-state index in [0.717, 1.165) is 17.0 Å². The standard InChI is InChI=1S/C21H28N4O5/c1-28-17-14-24(18(26)9-10-19(27)29-2)12-11-16-20(21(17)30-3)25(23-22-16)13-15-7-5-4-6-8-15/h4-8,17,21H,9-14H2,1-3H3/t17-,21+/m0/s1. The summed E-state index contributed by atoms with van der Waals surface area (Å²) >= 11 is 0. The molecule has 0 spiro atoms. The third kappa shape index (κ3) is 5.03. The number of aromatic nitrogens is 3. The van der Waals surface area contributed by atoms with Crippen LogP contribution in [0.3, 0.4) is 0 Å². The fourth-order valence-corrected chi connectivity index (χ4v) is 3.70. The quantitative estimate of drug-likeness (QED) is 0.629. The third-order valence-corrected chi connectivity index (χ3v) is 5.33. The normalized spacial score (nSPS) is 19.0. The molecule has 1 aromatic carbocycles.